The molecule has 0 aliphatic heterocycles. The quantitative estimate of drug-likeness (QED) is 0.0908. The second-order valence-electron chi connectivity index (χ2n) is 14.8. The van der Waals surface area contributed by atoms with Gasteiger partial charge in [-0.3, -0.25) is 0 Å². The molecule has 0 N–H and O–H groups in total. The maximum absolute atomic E-state index is 8.81. The minimum absolute atomic E-state index is 0. The minimum atomic E-state index is -1.31. The third-order valence-electron chi connectivity index (χ3n) is 10.4. The SMILES string of the molecule is C[Si](C)(C)c1ccc(-c2[c-]cc3ccc4ccccc4c3c2)nc1.[2H]C(CC)(CC)c1ccnc(-c2[c-]ccc3c2oc2cc(-c4ccccc4)ccc23)c1.[Ir]. The van der Waals surface area contributed by atoms with Gasteiger partial charge in [0.05, 0.1) is 13.7 Å². The van der Waals surface area contributed by atoms with E-state index in [1.165, 1.54) is 26.7 Å². The van der Waals surface area contributed by atoms with Crippen molar-refractivity contribution in [1.29, 1.82) is 0 Å². The van der Waals surface area contributed by atoms with E-state index >= 15 is 0 Å². The molecule has 0 fully saturated rings. The van der Waals surface area contributed by atoms with Crippen LogP contribution in [0.1, 0.15) is 39.5 Å². The van der Waals surface area contributed by atoms with E-state index in [9.17, 15) is 0 Å². The van der Waals surface area contributed by atoms with Gasteiger partial charge in [-0.25, -0.2) is 0 Å². The number of nitrogens with zero attached hydrogens (tertiary/aromatic N) is 2. The zero-order valence-corrected chi connectivity index (χ0v) is 35.3. The van der Waals surface area contributed by atoms with Gasteiger partial charge in [0, 0.05) is 39.3 Å². The van der Waals surface area contributed by atoms with Crippen LogP contribution in [-0.4, -0.2) is 18.0 Å². The summed E-state index contributed by atoms with van der Waals surface area (Å²) >= 11 is 0. The maximum atomic E-state index is 8.81. The average Bonchev–Trinajstić information content (AvgIpc) is 3.62. The zero-order chi connectivity index (χ0) is 38.2. The van der Waals surface area contributed by atoms with Crippen LogP contribution in [0.3, 0.4) is 0 Å². The third-order valence-corrected chi connectivity index (χ3v) is 12.4. The molecule has 0 saturated heterocycles. The number of furan rings is 1. The molecule has 3 aromatic heterocycles. The smallest absolute Gasteiger partial charge is 0.121 e. The number of rotatable bonds is 7. The van der Waals surface area contributed by atoms with Gasteiger partial charge >= 0.3 is 0 Å². The molecule has 5 heteroatoms. The van der Waals surface area contributed by atoms with E-state index in [4.69, 9.17) is 10.8 Å². The normalized spacial score (nSPS) is 12.0. The summed E-state index contributed by atoms with van der Waals surface area (Å²) in [6, 6.07) is 52.9. The molecule has 6 aromatic carbocycles. The van der Waals surface area contributed by atoms with Crippen molar-refractivity contribution in [3.05, 3.63) is 164 Å². The second kappa shape index (κ2) is 16.3. The molecule has 0 aliphatic rings. The Kier molecular flexibility index (Phi) is 10.9. The topological polar surface area (TPSA) is 38.9 Å². The Morgan fingerprint density at radius 2 is 1.45 bits per heavy atom. The van der Waals surface area contributed by atoms with Gasteiger partial charge in [0.15, 0.2) is 0 Å². The number of pyridine rings is 2. The molecule has 9 rings (SSSR count). The van der Waals surface area contributed by atoms with Crippen LogP contribution in [-0.2, 0) is 20.1 Å². The number of hydrogen-bond acceptors (Lipinski definition) is 3. The van der Waals surface area contributed by atoms with Crippen LogP contribution in [0, 0.1) is 12.1 Å². The van der Waals surface area contributed by atoms with Crippen LogP contribution in [0.5, 0.6) is 0 Å². The van der Waals surface area contributed by atoms with Crippen molar-refractivity contribution in [3.63, 3.8) is 0 Å². The summed E-state index contributed by atoms with van der Waals surface area (Å²) < 4.78 is 15.2. The van der Waals surface area contributed by atoms with Crippen molar-refractivity contribution in [3.8, 4) is 33.6 Å². The van der Waals surface area contributed by atoms with Crippen molar-refractivity contribution in [2.75, 3.05) is 0 Å². The van der Waals surface area contributed by atoms with Crippen LogP contribution in [0.15, 0.2) is 150 Å². The molecule has 9 aromatic rings. The summed E-state index contributed by atoms with van der Waals surface area (Å²) in [5.41, 5.74) is 8.60. The number of hydrogen-bond donors (Lipinski definition) is 0. The van der Waals surface area contributed by atoms with Crippen LogP contribution >= 0.6 is 0 Å². The number of aromatic nitrogens is 2. The van der Waals surface area contributed by atoms with Gasteiger partial charge in [-0.05, 0) is 69.3 Å². The van der Waals surface area contributed by atoms with Crippen molar-refractivity contribution in [2.24, 2.45) is 0 Å². The Bertz CT molecular complexity index is 2790. The van der Waals surface area contributed by atoms with Crippen molar-refractivity contribution < 1.29 is 25.9 Å². The van der Waals surface area contributed by atoms with Gasteiger partial charge in [0.2, 0.25) is 0 Å². The third kappa shape index (κ3) is 7.84. The van der Waals surface area contributed by atoms with Gasteiger partial charge in [-0.1, -0.05) is 158 Å². The van der Waals surface area contributed by atoms with Crippen molar-refractivity contribution in [1.82, 2.24) is 9.97 Å². The monoisotopic (exact) mass is 910 g/mol. The van der Waals surface area contributed by atoms with E-state index in [0.29, 0.717) is 0 Å². The first-order valence-electron chi connectivity index (χ1n) is 19.3. The molecule has 0 atom stereocenters. The molecule has 0 saturated carbocycles. The van der Waals surface area contributed by atoms with Gasteiger partial charge in [-0.15, -0.1) is 42.0 Å². The molecule has 0 spiro atoms. The molecule has 0 amide bonds. The molecular weight excluding hydrogens is 865 g/mol. The summed E-state index contributed by atoms with van der Waals surface area (Å²) in [6.07, 6.45) is 5.35. The molecule has 0 unspecified atom stereocenters. The molecule has 0 aliphatic carbocycles. The van der Waals surface area contributed by atoms with Crippen LogP contribution in [0.2, 0.25) is 19.6 Å². The zero-order valence-electron chi connectivity index (χ0n) is 32.9. The van der Waals surface area contributed by atoms with Crippen LogP contribution in [0.25, 0.3) is 77.1 Å². The Balaban J connectivity index is 0.000000174. The summed E-state index contributed by atoms with van der Waals surface area (Å²) in [7, 11) is -1.31. The Morgan fingerprint density at radius 3 is 2.22 bits per heavy atom. The first-order chi connectivity index (χ1) is 26.6. The summed E-state index contributed by atoms with van der Waals surface area (Å²) in [5.74, 6) is -0.607. The van der Waals surface area contributed by atoms with Gasteiger partial charge in [0.1, 0.15) is 5.58 Å². The summed E-state index contributed by atoms with van der Waals surface area (Å²) in [4.78, 5) is 9.31. The largest absolute Gasteiger partial charge is 0.501 e. The maximum Gasteiger partial charge on any atom is 0.121 e. The Hall–Kier alpha value is -5.19. The predicted molar refractivity (Wildman–Crippen MR) is 231 cm³/mol. The van der Waals surface area contributed by atoms with E-state index in [1.54, 1.807) is 6.20 Å². The standard InChI is InChI=1S/C28H24NO.C22H20NSi.Ir/c1-3-19(4-2)22-15-16-29-26(17-22)25-12-8-11-24-23-14-13-21(18-27(23)30-28(24)25)20-9-6-5-7-10-20;1-24(2,3)19-12-13-22(23-15-19)18-11-10-17-9-8-16-6-4-5-7-20(16)21(17)14-18;/h5-11,13-19H,3-4H2,1-2H3;4-10,12-15H,1-3H3;/q2*-1;/i19D;;. The molecule has 3 nitrogen and oxygen atoms in total. The fourth-order valence-electron chi connectivity index (χ4n) is 7.27. The van der Waals surface area contributed by atoms with E-state index in [-0.39, 0.29) is 20.1 Å². The molecular formula is C50H44IrN2OSi-2. The Morgan fingerprint density at radius 1 is 0.673 bits per heavy atom. The first kappa shape index (κ1) is 36.8. The fraction of sp³-hybridized carbons (Fsp3) is 0.160. The number of benzene rings is 6. The molecule has 1 radical (unpaired) electrons. The van der Waals surface area contributed by atoms with Gasteiger partial charge < -0.3 is 14.4 Å². The summed E-state index contributed by atoms with van der Waals surface area (Å²) in [6.45, 7) is 11.2. The molecule has 55 heavy (non-hydrogen) atoms. The predicted octanol–water partition coefficient (Wildman–Crippen LogP) is 13.4. The number of fused-ring (bicyclic) bond motifs is 6. The fourth-order valence-corrected chi connectivity index (χ4v) is 8.31. The molecule has 3 heterocycles. The van der Waals surface area contributed by atoms with E-state index in [1.807, 2.05) is 48.7 Å². The van der Waals surface area contributed by atoms with E-state index in [0.717, 1.165) is 74.0 Å². The second-order valence-corrected chi connectivity index (χ2v) is 19.9. The van der Waals surface area contributed by atoms with Crippen LogP contribution < -0.4 is 5.19 Å². The first-order valence-corrected chi connectivity index (χ1v) is 22.3. The van der Waals surface area contributed by atoms with Crippen molar-refractivity contribution in [2.45, 2.75) is 52.2 Å². The van der Waals surface area contributed by atoms with E-state index < -0.39 is 14.0 Å². The Labute approximate surface area is 340 Å². The van der Waals surface area contributed by atoms with Gasteiger partial charge in [-0.2, -0.15) is 0 Å². The van der Waals surface area contributed by atoms with E-state index in [2.05, 4.69) is 142 Å². The molecule has 275 valence electrons. The van der Waals surface area contributed by atoms with Crippen LogP contribution in [0.4, 0.5) is 0 Å². The van der Waals surface area contributed by atoms with Crippen molar-refractivity contribution >= 4 is 56.7 Å². The van der Waals surface area contributed by atoms with Gasteiger partial charge in [0.25, 0.3) is 0 Å². The summed E-state index contributed by atoms with van der Waals surface area (Å²) in [5, 5.41) is 8.55. The average molecular weight is 910 g/mol. The minimum Gasteiger partial charge on any atom is -0.501 e. The molecule has 0 bridgehead atoms.